The van der Waals surface area contributed by atoms with E-state index in [0.717, 1.165) is 0 Å². The van der Waals surface area contributed by atoms with Gasteiger partial charge >= 0.3 is 17.9 Å². The molecular formula is C23H29ClN2O7. The van der Waals surface area contributed by atoms with E-state index in [2.05, 4.69) is 15.4 Å². The summed E-state index contributed by atoms with van der Waals surface area (Å²) in [4.78, 5) is 36.9. The van der Waals surface area contributed by atoms with Crippen LogP contribution in [0.15, 0.2) is 46.8 Å². The van der Waals surface area contributed by atoms with E-state index in [-0.39, 0.29) is 43.5 Å². The molecule has 0 aromatic heterocycles. The molecule has 0 bridgehead atoms. The molecule has 33 heavy (non-hydrogen) atoms. The fourth-order valence-electron chi connectivity index (χ4n) is 3.44. The number of rotatable bonds is 11. The number of halogens is 1. The number of esters is 3. The van der Waals surface area contributed by atoms with E-state index in [0.29, 0.717) is 28.5 Å². The van der Waals surface area contributed by atoms with Crippen molar-refractivity contribution in [2.45, 2.75) is 19.8 Å². The summed E-state index contributed by atoms with van der Waals surface area (Å²) >= 11 is 6.47. The van der Waals surface area contributed by atoms with Crippen LogP contribution < -0.4 is 10.6 Å². The number of ether oxygens (including phenoxy) is 4. The van der Waals surface area contributed by atoms with Crippen LogP contribution in [0.3, 0.4) is 0 Å². The van der Waals surface area contributed by atoms with Crippen LogP contribution >= 0.6 is 11.6 Å². The minimum Gasteiger partial charge on any atom is -0.468 e. The first-order valence-electron chi connectivity index (χ1n) is 10.4. The second kappa shape index (κ2) is 13.0. The molecule has 10 heteroatoms. The summed E-state index contributed by atoms with van der Waals surface area (Å²) in [7, 11) is 2.59. The highest BCUT2D eigenvalue weighted by Crippen LogP contribution is 2.41. The molecule has 1 heterocycles. The normalized spacial score (nSPS) is 15.7. The van der Waals surface area contributed by atoms with Gasteiger partial charge in [0, 0.05) is 17.3 Å². The third-order valence-electron chi connectivity index (χ3n) is 4.93. The molecule has 0 amide bonds. The van der Waals surface area contributed by atoms with Crippen LogP contribution in [0, 0.1) is 0 Å². The first-order chi connectivity index (χ1) is 15.8. The van der Waals surface area contributed by atoms with Crippen LogP contribution in [0.2, 0.25) is 5.02 Å². The minimum absolute atomic E-state index is 0.0425. The predicted molar refractivity (Wildman–Crippen MR) is 121 cm³/mol. The zero-order chi connectivity index (χ0) is 24.4. The molecule has 180 valence electrons. The fourth-order valence-corrected chi connectivity index (χ4v) is 3.69. The van der Waals surface area contributed by atoms with Gasteiger partial charge in [-0.1, -0.05) is 29.8 Å². The van der Waals surface area contributed by atoms with Crippen LogP contribution in [0.5, 0.6) is 0 Å². The van der Waals surface area contributed by atoms with E-state index >= 15 is 0 Å². The van der Waals surface area contributed by atoms with E-state index < -0.39 is 17.9 Å². The van der Waals surface area contributed by atoms with E-state index in [1.165, 1.54) is 14.2 Å². The van der Waals surface area contributed by atoms with Crippen molar-refractivity contribution in [3.05, 3.63) is 57.4 Å². The van der Waals surface area contributed by atoms with Gasteiger partial charge in [-0.05, 0) is 25.5 Å². The van der Waals surface area contributed by atoms with Gasteiger partial charge in [0.1, 0.15) is 0 Å². The molecule has 0 aliphatic carbocycles. The summed E-state index contributed by atoms with van der Waals surface area (Å²) in [6.07, 6.45) is 0. The molecule has 0 fully saturated rings. The molecule has 9 nitrogen and oxygen atoms in total. The van der Waals surface area contributed by atoms with Crippen molar-refractivity contribution < 1.29 is 33.3 Å². The van der Waals surface area contributed by atoms with E-state index in [4.69, 9.17) is 25.8 Å². The summed E-state index contributed by atoms with van der Waals surface area (Å²) in [5.74, 6) is -2.36. The monoisotopic (exact) mass is 480 g/mol. The Morgan fingerprint density at radius 1 is 1.09 bits per heavy atom. The van der Waals surface area contributed by atoms with E-state index in [9.17, 15) is 14.4 Å². The quantitative estimate of drug-likeness (QED) is 0.279. The van der Waals surface area contributed by atoms with Gasteiger partial charge < -0.3 is 29.6 Å². The van der Waals surface area contributed by atoms with Crippen molar-refractivity contribution in [1.29, 1.82) is 0 Å². The van der Waals surface area contributed by atoms with E-state index in [1.54, 1.807) is 38.1 Å². The van der Waals surface area contributed by atoms with Crippen molar-refractivity contribution in [3.8, 4) is 0 Å². The molecular weight excluding hydrogens is 452 g/mol. The molecule has 0 saturated carbocycles. The largest absolute Gasteiger partial charge is 0.468 e. The van der Waals surface area contributed by atoms with Crippen molar-refractivity contribution in [3.63, 3.8) is 0 Å². The summed E-state index contributed by atoms with van der Waals surface area (Å²) < 4.78 is 20.6. The van der Waals surface area contributed by atoms with Crippen LogP contribution in [-0.4, -0.2) is 65.0 Å². The first kappa shape index (κ1) is 26.4. The zero-order valence-corrected chi connectivity index (χ0v) is 19.9. The Morgan fingerprint density at radius 2 is 1.82 bits per heavy atom. The lowest BCUT2D eigenvalue weighted by molar-refractivity contribution is -0.140. The highest BCUT2D eigenvalue weighted by atomic mass is 35.5. The summed E-state index contributed by atoms with van der Waals surface area (Å²) in [5.41, 5.74) is 2.02. The Kier molecular flexibility index (Phi) is 10.4. The van der Waals surface area contributed by atoms with Crippen molar-refractivity contribution in [2.24, 2.45) is 0 Å². The minimum atomic E-state index is -0.803. The SMILES string of the molecule is CCOC(=O)C1=C(COCCNCC(=O)OC)NC(C)=C(C(=O)OC)C1c1ccccc1Cl. The maximum Gasteiger partial charge on any atom is 0.336 e. The molecule has 0 spiro atoms. The molecule has 1 aliphatic heterocycles. The van der Waals surface area contributed by atoms with Gasteiger partial charge in [0.25, 0.3) is 0 Å². The Bertz CT molecular complexity index is 942. The van der Waals surface area contributed by atoms with Crippen LogP contribution in [0.1, 0.15) is 25.3 Å². The van der Waals surface area contributed by atoms with Crippen molar-refractivity contribution in [1.82, 2.24) is 10.6 Å². The molecule has 0 saturated heterocycles. The van der Waals surface area contributed by atoms with Crippen molar-refractivity contribution in [2.75, 3.05) is 47.1 Å². The van der Waals surface area contributed by atoms with Gasteiger partial charge in [-0.2, -0.15) is 0 Å². The molecule has 1 aliphatic rings. The Morgan fingerprint density at radius 3 is 2.45 bits per heavy atom. The average molecular weight is 481 g/mol. The molecule has 1 atom stereocenters. The lowest BCUT2D eigenvalue weighted by atomic mass is 9.80. The van der Waals surface area contributed by atoms with Crippen LogP contribution in [0.4, 0.5) is 0 Å². The molecule has 1 unspecified atom stereocenters. The third-order valence-corrected chi connectivity index (χ3v) is 5.27. The van der Waals surface area contributed by atoms with Gasteiger partial charge in [0.2, 0.25) is 0 Å². The van der Waals surface area contributed by atoms with Crippen molar-refractivity contribution >= 4 is 29.5 Å². The van der Waals surface area contributed by atoms with E-state index in [1.807, 2.05) is 0 Å². The predicted octanol–water partition coefficient (Wildman–Crippen LogP) is 2.07. The molecule has 2 rings (SSSR count). The van der Waals surface area contributed by atoms with Gasteiger partial charge in [-0.25, -0.2) is 9.59 Å². The summed E-state index contributed by atoms with van der Waals surface area (Å²) in [5, 5.41) is 6.39. The highest BCUT2D eigenvalue weighted by Gasteiger charge is 2.39. The van der Waals surface area contributed by atoms with Gasteiger partial charge in [-0.15, -0.1) is 0 Å². The third kappa shape index (κ3) is 6.80. The highest BCUT2D eigenvalue weighted by molar-refractivity contribution is 6.31. The zero-order valence-electron chi connectivity index (χ0n) is 19.2. The lowest BCUT2D eigenvalue weighted by Crippen LogP contribution is -2.35. The first-order valence-corrected chi connectivity index (χ1v) is 10.8. The summed E-state index contributed by atoms with van der Waals surface area (Å²) in [6.45, 7) is 4.34. The molecule has 0 radical (unpaired) electrons. The van der Waals surface area contributed by atoms with Gasteiger partial charge in [-0.3, -0.25) is 4.79 Å². The standard InChI is InChI=1S/C23H29ClN2O7/c1-5-33-23(29)21-17(13-32-11-10-25-12-18(27)30-3)26-14(2)19(22(28)31-4)20(21)15-8-6-7-9-16(15)24/h6-9,20,25-26H,5,10-13H2,1-4H3. The Hall–Kier alpha value is -2.88. The van der Waals surface area contributed by atoms with Crippen LogP contribution in [0.25, 0.3) is 0 Å². The van der Waals surface area contributed by atoms with Gasteiger partial charge in [0.05, 0.1) is 63.3 Å². The number of hydrogen-bond donors (Lipinski definition) is 2. The van der Waals surface area contributed by atoms with Gasteiger partial charge in [0.15, 0.2) is 0 Å². The second-order valence-corrected chi connectivity index (χ2v) is 7.44. The molecule has 1 aromatic rings. The summed E-state index contributed by atoms with van der Waals surface area (Å²) in [6, 6.07) is 6.98. The number of hydrogen-bond acceptors (Lipinski definition) is 9. The number of dihydropyridines is 1. The molecule has 2 N–H and O–H groups in total. The Labute approximate surface area is 198 Å². The number of methoxy groups -OCH3 is 2. The number of allylic oxidation sites excluding steroid dienone is 1. The maximum absolute atomic E-state index is 13.1. The number of benzene rings is 1. The van der Waals surface area contributed by atoms with Crippen LogP contribution in [-0.2, 0) is 33.3 Å². The topological polar surface area (TPSA) is 112 Å². The smallest absolute Gasteiger partial charge is 0.336 e. The number of nitrogens with one attached hydrogen (secondary N) is 2. The average Bonchev–Trinajstić information content (AvgIpc) is 2.80. The lowest BCUT2D eigenvalue weighted by Gasteiger charge is -2.31. The fraction of sp³-hybridized carbons (Fsp3) is 0.435. The number of carbonyl (C=O) groups excluding carboxylic acids is 3. The second-order valence-electron chi connectivity index (χ2n) is 7.03. The Balaban J connectivity index is 2.38. The number of carbonyl (C=O) groups is 3. The maximum atomic E-state index is 13.1. The molecule has 1 aromatic carbocycles.